The lowest BCUT2D eigenvalue weighted by Crippen LogP contribution is -2.55. The SMILES string of the molecule is CC(C)CC(NC(=O)C(CCCN=C(N)N)NC(=O)C=CC(=O)O)C(=O)NC(C=O)CCCN=C(N)N. The highest BCUT2D eigenvalue weighted by Gasteiger charge is 2.28. The van der Waals surface area contributed by atoms with E-state index in [4.69, 9.17) is 28.0 Å². The maximum atomic E-state index is 13.0. The van der Waals surface area contributed by atoms with E-state index < -0.39 is 41.8 Å². The highest BCUT2D eigenvalue weighted by Crippen LogP contribution is 2.08. The summed E-state index contributed by atoms with van der Waals surface area (Å²) in [5, 5.41) is 16.3. The third kappa shape index (κ3) is 17.0. The largest absolute Gasteiger partial charge is 0.478 e. The zero-order valence-electron chi connectivity index (χ0n) is 21.2. The molecule has 0 rings (SSSR count). The van der Waals surface area contributed by atoms with E-state index in [2.05, 4.69) is 25.9 Å². The van der Waals surface area contributed by atoms with Crippen LogP contribution in [0.25, 0.3) is 0 Å². The average molecular weight is 526 g/mol. The molecule has 0 aliphatic rings. The van der Waals surface area contributed by atoms with Crippen LogP contribution in [-0.4, -0.2) is 78.2 Å². The number of aliphatic imine (C=N–C) groups is 2. The van der Waals surface area contributed by atoms with Crippen molar-refractivity contribution in [1.82, 2.24) is 16.0 Å². The number of carbonyl (C=O) groups is 5. The van der Waals surface area contributed by atoms with Crippen molar-refractivity contribution < 1.29 is 29.1 Å². The molecule has 0 saturated carbocycles. The summed E-state index contributed by atoms with van der Waals surface area (Å²) >= 11 is 0. The smallest absolute Gasteiger partial charge is 0.328 e. The van der Waals surface area contributed by atoms with Crippen LogP contribution < -0.4 is 38.9 Å². The summed E-state index contributed by atoms with van der Waals surface area (Å²) in [6, 6.07) is -2.92. The summed E-state index contributed by atoms with van der Waals surface area (Å²) in [6.45, 7) is 4.17. The lowest BCUT2D eigenvalue weighted by Gasteiger charge is -2.25. The van der Waals surface area contributed by atoms with Crippen LogP contribution in [-0.2, 0) is 24.0 Å². The number of nitrogens with two attached hydrogens (primary N) is 4. The molecule has 15 heteroatoms. The number of nitrogens with one attached hydrogen (secondary N) is 3. The van der Waals surface area contributed by atoms with Crippen LogP contribution in [0.5, 0.6) is 0 Å². The van der Waals surface area contributed by atoms with Gasteiger partial charge in [0.1, 0.15) is 18.4 Å². The van der Waals surface area contributed by atoms with E-state index in [9.17, 15) is 24.0 Å². The summed E-state index contributed by atoms with van der Waals surface area (Å²) in [7, 11) is 0. The number of hydrogen-bond acceptors (Lipinski definition) is 7. The molecule has 0 spiro atoms. The molecule has 0 fully saturated rings. The third-order valence-electron chi connectivity index (χ3n) is 4.76. The first-order valence-corrected chi connectivity index (χ1v) is 11.7. The quantitative estimate of drug-likeness (QED) is 0.0304. The molecule has 0 heterocycles. The van der Waals surface area contributed by atoms with Crippen molar-refractivity contribution in [1.29, 1.82) is 0 Å². The van der Waals surface area contributed by atoms with Crippen LogP contribution in [0, 0.1) is 5.92 Å². The second-order valence-electron chi connectivity index (χ2n) is 8.57. The molecule has 0 saturated heterocycles. The molecule has 0 aliphatic heterocycles. The van der Waals surface area contributed by atoms with E-state index in [1.54, 1.807) is 0 Å². The normalized spacial score (nSPS) is 13.2. The molecule has 3 amide bonds. The van der Waals surface area contributed by atoms with Gasteiger partial charge in [-0.25, -0.2) is 4.79 Å². The lowest BCUT2D eigenvalue weighted by atomic mass is 10.0. The van der Waals surface area contributed by atoms with Gasteiger partial charge in [0.25, 0.3) is 0 Å². The number of nitrogens with zero attached hydrogens (tertiary/aromatic N) is 2. The molecular formula is C22H39N9O6. The van der Waals surface area contributed by atoms with Crippen molar-refractivity contribution in [2.75, 3.05) is 13.1 Å². The Kier molecular flexibility index (Phi) is 16.1. The monoisotopic (exact) mass is 525 g/mol. The van der Waals surface area contributed by atoms with E-state index >= 15 is 0 Å². The topological polar surface area (TPSA) is 270 Å². The van der Waals surface area contributed by atoms with Crippen molar-refractivity contribution in [3.8, 4) is 0 Å². The second kappa shape index (κ2) is 18.1. The van der Waals surface area contributed by atoms with Gasteiger partial charge in [-0.15, -0.1) is 0 Å². The van der Waals surface area contributed by atoms with Gasteiger partial charge in [0.2, 0.25) is 17.7 Å². The summed E-state index contributed by atoms with van der Waals surface area (Å²) < 4.78 is 0. The highest BCUT2D eigenvalue weighted by atomic mass is 16.4. The van der Waals surface area contributed by atoms with Crippen molar-refractivity contribution in [3.05, 3.63) is 12.2 Å². The highest BCUT2D eigenvalue weighted by molar-refractivity contribution is 5.97. The van der Waals surface area contributed by atoms with Crippen LogP contribution >= 0.6 is 0 Å². The van der Waals surface area contributed by atoms with Crippen LogP contribution in [0.3, 0.4) is 0 Å². The Morgan fingerprint density at radius 2 is 1.35 bits per heavy atom. The first-order chi connectivity index (χ1) is 17.3. The fourth-order valence-electron chi connectivity index (χ4n) is 3.09. The van der Waals surface area contributed by atoms with Gasteiger partial charge in [-0.3, -0.25) is 24.4 Å². The summed E-state index contributed by atoms with van der Waals surface area (Å²) in [5.41, 5.74) is 21.1. The molecule has 12 N–H and O–H groups in total. The lowest BCUT2D eigenvalue weighted by molar-refractivity contribution is -0.132. The van der Waals surface area contributed by atoms with Crippen LogP contribution in [0.4, 0.5) is 0 Å². The summed E-state index contributed by atoms with van der Waals surface area (Å²) in [5.74, 6) is -3.59. The fourth-order valence-corrected chi connectivity index (χ4v) is 3.09. The molecule has 37 heavy (non-hydrogen) atoms. The Morgan fingerprint density at radius 3 is 1.84 bits per heavy atom. The van der Waals surface area contributed by atoms with Gasteiger partial charge >= 0.3 is 5.97 Å². The van der Waals surface area contributed by atoms with Gasteiger partial charge in [-0.2, -0.15) is 0 Å². The Balaban J connectivity index is 5.44. The number of guanidine groups is 2. The number of carboxylic acid groups (broad SMARTS) is 1. The second-order valence-corrected chi connectivity index (χ2v) is 8.57. The van der Waals surface area contributed by atoms with Crippen LogP contribution in [0.1, 0.15) is 46.0 Å². The molecule has 0 aromatic rings. The molecule has 15 nitrogen and oxygen atoms in total. The first kappa shape index (κ1) is 32.8. The predicted octanol–water partition coefficient (Wildman–Crippen LogP) is -2.57. The summed E-state index contributed by atoms with van der Waals surface area (Å²) in [4.78, 5) is 67.8. The molecule has 0 aromatic carbocycles. The predicted molar refractivity (Wildman–Crippen MR) is 138 cm³/mol. The van der Waals surface area contributed by atoms with E-state index in [0.717, 1.165) is 6.08 Å². The van der Waals surface area contributed by atoms with Gasteiger partial charge in [0, 0.05) is 25.2 Å². The van der Waals surface area contributed by atoms with Gasteiger partial charge in [-0.1, -0.05) is 13.8 Å². The molecule has 0 aliphatic carbocycles. The number of aldehydes is 1. The number of hydrogen-bond donors (Lipinski definition) is 8. The van der Waals surface area contributed by atoms with Crippen molar-refractivity contribution >= 4 is 41.9 Å². The van der Waals surface area contributed by atoms with E-state index in [1.165, 1.54) is 0 Å². The summed E-state index contributed by atoms with van der Waals surface area (Å²) in [6.07, 6.45) is 3.38. The maximum absolute atomic E-state index is 13.0. The molecular weight excluding hydrogens is 486 g/mol. The minimum Gasteiger partial charge on any atom is -0.478 e. The van der Waals surface area contributed by atoms with Gasteiger partial charge in [0.15, 0.2) is 11.9 Å². The Bertz CT molecular complexity index is 865. The number of carbonyl (C=O) groups excluding carboxylic acids is 4. The molecule has 208 valence electrons. The first-order valence-electron chi connectivity index (χ1n) is 11.7. The minimum absolute atomic E-state index is 0.000931. The maximum Gasteiger partial charge on any atom is 0.328 e. The molecule has 0 bridgehead atoms. The van der Waals surface area contributed by atoms with Crippen molar-refractivity contribution in [2.45, 2.75) is 64.1 Å². The zero-order valence-corrected chi connectivity index (χ0v) is 21.2. The Hall–Kier alpha value is -4.17. The standard InChI is InChI=1S/C22H39N9O6/c1-13(2)11-16(20(37)29-14(12-32)5-3-9-27-21(23)24)31-19(36)15(6-4-10-28-22(25)26)30-17(33)7-8-18(34)35/h7-8,12-16H,3-6,9-11H2,1-2H3,(H,29,37)(H,30,33)(H,31,36)(H,34,35)(H4,23,24,27)(H4,25,26,28). The molecule has 3 atom stereocenters. The fraction of sp³-hybridized carbons (Fsp3) is 0.591. The van der Waals surface area contributed by atoms with Gasteiger partial charge < -0.3 is 48.8 Å². The van der Waals surface area contributed by atoms with Crippen LogP contribution in [0.15, 0.2) is 22.1 Å². The Labute approximate surface area is 215 Å². The van der Waals surface area contributed by atoms with Crippen LogP contribution in [0.2, 0.25) is 0 Å². The minimum atomic E-state index is -1.33. The molecule has 0 aromatic heterocycles. The number of aliphatic carboxylic acids is 1. The van der Waals surface area contributed by atoms with Gasteiger partial charge in [0.05, 0.1) is 6.04 Å². The van der Waals surface area contributed by atoms with E-state index in [0.29, 0.717) is 25.2 Å². The van der Waals surface area contributed by atoms with Crippen molar-refractivity contribution in [3.63, 3.8) is 0 Å². The van der Waals surface area contributed by atoms with Gasteiger partial charge in [-0.05, 0) is 38.0 Å². The zero-order chi connectivity index (χ0) is 28.4. The number of rotatable bonds is 18. The number of carboxylic acids is 1. The van der Waals surface area contributed by atoms with E-state index in [1.807, 2.05) is 13.8 Å². The third-order valence-corrected chi connectivity index (χ3v) is 4.76. The number of amides is 3. The molecule has 3 unspecified atom stereocenters. The van der Waals surface area contributed by atoms with Crippen molar-refractivity contribution in [2.24, 2.45) is 38.8 Å². The molecule has 0 radical (unpaired) electrons. The van der Waals surface area contributed by atoms with E-state index in [-0.39, 0.29) is 50.2 Å². The Morgan fingerprint density at radius 1 is 0.811 bits per heavy atom. The average Bonchev–Trinajstić information content (AvgIpc) is 2.80.